The molecule has 1 unspecified atom stereocenters. The van der Waals surface area contributed by atoms with Crippen LogP contribution in [0.25, 0.3) is 98.7 Å². The van der Waals surface area contributed by atoms with Gasteiger partial charge in [-0.15, -0.1) is 0 Å². The summed E-state index contributed by atoms with van der Waals surface area (Å²) in [5, 5.41) is 13.6. The monoisotopic (exact) mass is 756 g/mol. The number of rotatable bonds is 4. The maximum absolute atomic E-state index is 2.54. The van der Waals surface area contributed by atoms with Gasteiger partial charge in [-0.2, -0.15) is 0 Å². The highest BCUT2D eigenvalue weighted by Crippen LogP contribution is 2.57. The van der Waals surface area contributed by atoms with Crippen molar-refractivity contribution in [1.82, 2.24) is 0 Å². The molecule has 0 saturated heterocycles. The Morgan fingerprint density at radius 2 is 1.07 bits per heavy atom. The summed E-state index contributed by atoms with van der Waals surface area (Å²) in [6, 6.07) is 66.9. The van der Waals surface area contributed by atoms with E-state index in [0.29, 0.717) is 0 Å². The largest absolute Gasteiger partial charge is 0.0833 e. The summed E-state index contributed by atoms with van der Waals surface area (Å²) < 4.78 is 0. The van der Waals surface area contributed by atoms with Gasteiger partial charge in [-0.3, -0.25) is 0 Å². The van der Waals surface area contributed by atoms with Crippen LogP contribution in [-0.2, 0) is 11.8 Å². The van der Waals surface area contributed by atoms with Crippen LogP contribution in [-0.4, -0.2) is 0 Å². The maximum Gasteiger partial charge on any atom is 0.0159 e. The van der Waals surface area contributed by atoms with E-state index in [9.17, 15) is 0 Å². The summed E-state index contributed by atoms with van der Waals surface area (Å²) in [6.07, 6.45) is 7.01. The molecule has 2 aliphatic rings. The van der Waals surface area contributed by atoms with Crippen molar-refractivity contribution < 1.29 is 0 Å². The average Bonchev–Trinajstić information content (AvgIpc) is 3.73. The number of hydrogen-bond donors (Lipinski definition) is 0. The Bertz CT molecular complexity index is 3350. The van der Waals surface area contributed by atoms with Crippen molar-refractivity contribution in [1.29, 1.82) is 0 Å². The van der Waals surface area contributed by atoms with Gasteiger partial charge in [-0.05, 0) is 147 Å². The van der Waals surface area contributed by atoms with Gasteiger partial charge in [0.2, 0.25) is 0 Å². The molecule has 12 rings (SSSR count). The molecule has 1 atom stereocenters. The second-order valence-corrected chi connectivity index (χ2v) is 18.9. The van der Waals surface area contributed by atoms with Gasteiger partial charge < -0.3 is 0 Å². The fourth-order valence-electron chi connectivity index (χ4n) is 10.5. The molecule has 0 nitrogen and oxygen atoms in total. The third-order valence-electron chi connectivity index (χ3n) is 13.2. The Morgan fingerprint density at radius 3 is 1.93 bits per heavy atom. The lowest BCUT2D eigenvalue weighted by Gasteiger charge is -2.23. The molecule has 0 N–H and O–H groups in total. The van der Waals surface area contributed by atoms with Crippen LogP contribution in [0.1, 0.15) is 42.3 Å². The molecule has 0 bridgehead atoms. The minimum absolute atomic E-state index is 0.0881. The van der Waals surface area contributed by atoms with Crippen molar-refractivity contribution >= 4 is 56.4 Å². The number of aryl methyl sites for hydroxylation is 1. The van der Waals surface area contributed by atoms with E-state index in [1.165, 1.54) is 109 Å². The molecule has 0 radical (unpaired) electrons. The first-order valence-electron chi connectivity index (χ1n) is 20.6. The summed E-state index contributed by atoms with van der Waals surface area (Å²) in [7, 11) is -0.577. The van der Waals surface area contributed by atoms with Gasteiger partial charge in [0.25, 0.3) is 0 Å². The predicted octanol–water partition coefficient (Wildman–Crippen LogP) is 16.5. The van der Waals surface area contributed by atoms with Crippen LogP contribution >= 0.6 is 7.53 Å². The SMILES string of the molecule is CC1(C)c2ccccc2-c2ccc(-c3c4ccccc4c(-c4ccc5c(c4)c4c(p5-c5ccccc5)C=CCC4)c4ccc(-c5ccc6ccccc6c5)cc34)cc21. The predicted molar refractivity (Wildman–Crippen MR) is 252 cm³/mol. The fraction of sp³-hybridized carbons (Fsp3) is 0.0877. The van der Waals surface area contributed by atoms with Gasteiger partial charge in [0.05, 0.1) is 0 Å². The van der Waals surface area contributed by atoms with Gasteiger partial charge in [-0.1, -0.05) is 179 Å². The molecule has 0 spiro atoms. The van der Waals surface area contributed by atoms with E-state index in [4.69, 9.17) is 0 Å². The van der Waals surface area contributed by atoms with Crippen molar-refractivity contribution in [2.75, 3.05) is 0 Å². The average molecular weight is 757 g/mol. The van der Waals surface area contributed by atoms with Crippen LogP contribution in [0.5, 0.6) is 0 Å². The van der Waals surface area contributed by atoms with E-state index in [1.807, 2.05) is 0 Å². The highest BCUT2D eigenvalue weighted by Gasteiger charge is 2.35. The standard InChI is InChI=1S/C57H41P/c1-57(2)51-22-12-10-18-43(51)44-29-27-41(35-52(44)57)56-47-21-9-8-20-46(47)55(48-30-26-39(33-50(48)56)38-25-24-36-14-6-7-15-37(36)32-38)40-28-31-54-49(34-40)45-19-11-13-23-53(45)58(54)42-16-4-3-5-17-42/h3-10,12-18,20-35H,11,19H2,1-2H3. The highest BCUT2D eigenvalue weighted by atomic mass is 31.1. The van der Waals surface area contributed by atoms with Crippen molar-refractivity contribution in [3.8, 4) is 49.8 Å². The molecule has 2 aliphatic carbocycles. The molecule has 0 amide bonds. The first-order chi connectivity index (χ1) is 28.5. The van der Waals surface area contributed by atoms with Crippen molar-refractivity contribution in [2.45, 2.75) is 32.1 Å². The smallest absolute Gasteiger partial charge is 0.0159 e. The van der Waals surface area contributed by atoms with Crippen molar-refractivity contribution in [3.05, 3.63) is 204 Å². The zero-order chi connectivity index (χ0) is 38.5. The summed E-state index contributed by atoms with van der Waals surface area (Å²) in [5.74, 6) is 0. The van der Waals surface area contributed by atoms with Gasteiger partial charge >= 0.3 is 0 Å². The second kappa shape index (κ2) is 12.8. The molecule has 0 saturated carbocycles. The Kier molecular flexibility index (Phi) is 7.41. The molecule has 58 heavy (non-hydrogen) atoms. The number of fused-ring (bicyclic) bond motifs is 9. The first kappa shape index (κ1) is 33.7. The molecule has 10 aromatic rings. The molecular formula is C57H41P. The Balaban J connectivity index is 1.15. The highest BCUT2D eigenvalue weighted by molar-refractivity contribution is 7.64. The van der Waals surface area contributed by atoms with E-state index in [-0.39, 0.29) is 5.41 Å². The zero-order valence-electron chi connectivity index (χ0n) is 32.8. The normalized spacial score (nSPS) is 14.3. The molecular weight excluding hydrogens is 716 g/mol. The van der Waals surface area contributed by atoms with E-state index in [1.54, 1.807) is 5.56 Å². The minimum Gasteiger partial charge on any atom is -0.0833 e. The number of benzene rings is 9. The van der Waals surface area contributed by atoms with E-state index in [0.717, 1.165) is 12.8 Å². The quantitative estimate of drug-likeness (QED) is 0.157. The number of hydrogen-bond acceptors (Lipinski definition) is 0. The lowest BCUT2D eigenvalue weighted by atomic mass is 9.80. The van der Waals surface area contributed by atoms with Gasteiger partial charge in [0.1, 0.15) is 0 Å². The third kappa shape index (κ3) is 4.95. The van der Waals surface area contributed by atoms with Gasteiger partial charge in [-0.25, -0.2) is 0 Å². The van der Waals surface area contributed by atoms with Crippen LogP contribution in [0.2, 0.25) is 0 Å². The Morgan fingerprint density at radius 1 is 0.448 bits per heavy atom. The maximum atomic E-state index is 2.54. The van der Waals surface area contributed by atoms with Crippen LogP contribution in [0.3, 0.4) is 0 Å². The Labute approximate surface area is 340 Å². The second-order valence-electron chi connectivity index (χ2n) is 16.8. The summed E-state index contributed by atoms with van der Waals surface area (Å²) >= 11 is 0. The molecule has 274 valence electrons. The van der Waals surface area contributed by atoms with E-state index >= 15 is 0 Å². The summed E-state index contributed by atoms with van der Waals surface area (Å²) in [4.78, 5) is 0. The summed E-state index contributed by atoms with van der Waals surface area (Å²) in [6.45, 7) is 4.78. The van der Waals surface area contributed by atoms with Crippen LogP contribution < -0.4 is 0 Å². The van der Waals surface area contributed by atoms with E-state index < -0.39 is 7.53 Å². The van der Waals surface area contributed by atoms with Crippen molar-refractivity contribution in [2.24, 2.45) is 0 Å². The molecule has 9 aromatic carbocycles. The minimum atomic E-state index is -0.577. The van der Waals surface area contributed by atoms with E-state index in [2.05, 4.69) is 202 Å². The summed E-state index contributed by atoms with van der Waals surface area (Å²) in [5.41, 5.74) is 14.6. The van der Waals surface area contributed by atoms with Crippen LogP contribution in [0.4, 0.5) is 0 Å². The van der Waals surface area contributed by atoms with Gasteiger partial charge in [0, 0.05) is 15.8 Å². The zero-order valence-corrected chi connectivity index (χ0v) is 33.7. The van der Waals surface area contributed by atoms with Crippen LogP contribution in [0, 0.1) is 0 Å². The van der Waals surface area contributed by atoms with Crippen LogP contribution in [0.15, 0.2) is 182 Å². The first-order valence-corrected chi connectivity index (χ1v) is 22.0. The van der Waals surface area contributed by atoms with Crippen molar-refractivity contribution in [3.63, 3.8) is 0 Å². The molecule has 1 heterocycles. The Hall–Kier alpha value is -6.46. The lowest BCUT2D eigenvalue weighted by molar-refractivity contribution is 0.660. The fourth-order valence-corrected chi connectivity index (χ4v) is 13.2. The third-order valence-corrected chi connectivity index (χ3v) is 15.8. The number of allylic oxidation sites excluding steroid dienone is 1. The molecule has 1 aromatic heterocycles. The molecule has 0 aliphatic heterocycles. The lowest BCUT2D eigenvalue weighted by Crippen LogP contribution is -2.14. The molecule has 1 heteroatoms. The van der Waals surface area contributed by atoms with Gasteiger partial charge in [0.15, 0.2) is 0 Å². The topological polar surface area (TPSA) is 0 Å². The molecule has 0 fully saturated rings.